The molecule has 2 aromatic rings. The largest absolute Gasteiger partial charge is 0.339 e. The van der Waals surface area contributed by atoms with Gasteiger partial charge < -0.3 is 9.80 Å². The van der Waals surface area contributed by atoms with Gasteiger partial charge in [-0.2, -0.15) is 0 Å². The number of hydrogen-bond acceptors (Lipinski definition) is 5. The van der Waals surface area contributed by atoms with E-state index < -0.39 is 0 Å². The summed E-state index contributed by atoms with van der Waals surface area (Å²) in [7, 11) is 0. The van der Waals surface area contributed by atoms with E-state index in [4.69, 9.17) is 0 Å². The Morgan fingerprint density at radius 3 is 2.52 bits per heavy atom. The summed E-state index contributed by atoms with van der Waals surface area (Å²) in [4.78, 5) is 33.7. The van der Waals surface area contributed by atoms with E-state index in [0.29, 0.717) is 38.3 Å². The van der Waals surface area contributed by atoms with Crippen LogP contribution in [0.15, 0.2) is 22.9 Å². The van der Waals surface area contributed by atoms with Gasteiger partial charge in [-0.1, -0.05) is 6.07 Å². The van der Waals surface area contributed by atoms with E-state index in [1.165, 1.54) is 16.2 Å². The molecule has 23 heavy (non-hydrogen) atoms. The summed E-state index contributed by atoms with van der Waals surface area (Å²) in [5.74, 6) is 0.148. The van der Waals surface area contributed by atoms with Gasteiger partial charge in [-0.3, -0.25) is 9.59 Å². The van der Waals surface area contributed by atoms with Crippen LogP contribution in [0.4, 0.5) is 0 Å². The van der Waals surface area contributed by atoms with Gasteiger partial charge >= 0.3 is 0 Å². The highest BCUT2D eigenvalue weighted by Gasteiger charge is 2.25. The fourth-order valence-corrected chi connectivity index (χ4v) is 3.92. The minimum Gasteiger partial charge on any atom is -0.339 e. The maximum absolute atomic E-state index is 12.3. The molecule has 122 valence electrons. The molecule has 1 fully saturated rings. The first-order chi connectivity index (χ1) is 11.1. The van der Waals surface area contributed by atoms with Crippen LogP contribution >= 0.6 is 22.7 Å². The number of hydrogen-bond donors (Lipinski definition) is 0. The van der Waals surface area contributed by atoms with E-state index in [1.807, 2.05) is 23.3 Å². The van der Waals surface area contributed by atoms with Gasteiger partial charge in [0.25, 0.3) is 5.91 Å². The Labute approximate surface area is 143 Å². The number of nitrogens with zero attached hydrogens (tertiary/aromatic N) is 3. The van der Waals surface area contributed by atoms with Crippen LogP contribution in [0.3, 0.4) is 0 Å². The second-order valence-electron chi connectivity index (χ2n) is 5.50. The highest BCUT2D eigenvalue weighted by Crippen LogP contribution is 2.15. The molecule has 0 saturated carbocycles. The topological polar surface area (TPSA) is 53.5 Å². The number of aromatic nitrogens is 1. The molecule has 1 saturated heterocycles. The second kappa shape index (κ2) is 7.23. The molecule has 7 heteroatoms. The second-order valence-corrected chi connectivity index (χ2v) is 7.60. The minimum atomic E-state index is -0.0277. The number of carbonyl (C=O) groups excluding carboxylic acids is 2. The Hall–Kier alpha value is -1.73. The lowest BCUT2D eigenvalue weighted by Gasteiger charge is -2.34. The molecule has 3 rings (SSSR count). The van der Waals surface area contributed by atoms with Gasteiger partial charge in [0, 0.05) is 42.9 Å². The Morgan fingerprint density at radius 1 is 1.17 bits per heavy atom. The number of thiazole rings is 1. The number of amides is 2. The zero-order valence-electron chi connectivity index (χ0n) is 13.0. The third-order valence-electron chi connectivity index (χ3n) is 3.92. The lowest BCUT2D eigenvalue weighted by Crippen LogP contribution is -2.50. The molecule has 2 aromatic heterocycles. The standard InChI is InChI=1S/C16H19N3O2S2/c1-12-17-14(11-23-12)16(21)19-8-6-18(7-9-19)15(20)5-4-13-3-2-10-22-13/h2-3,10-11H,4-9H2,1H3. The van der Waals surface area contributed by atoms with E-state index in [0.717, 1.165) is 11.4 Å². The van der Waals surface area contributed by atoms with Gasteiger partial charge in [0.2, 0.25) is 5.91 Å². The zero-order chi connectivity index (χ0) is 16.2. The molecule has 3 heterocycles. The van der Waals surface area contributed by atoms with Crippen molar-refractivity contribution in [1.82, 2.24) is 14.8 Å². The van der Waals surface area contributed by atoms with Gasteiger partial charge in [0.1, 0.15) is 5.69 Å². The summed E-state index contributed by atoms with van der Waals surface area (Å²) in [5, 5.41) is 4.73. The van der Waals surface area contributed by atoms with Crippen molar-refractivity contribution in [1.29, 1.82) is 0 Å². The number of aryl methyl sites for hydroxylation is 2. The van der Waals surface area contributed by atoms with Crippen LogP contribution in [-0.2, 0) is 11.2 Å². The summed E-state index contributed by atoms with van der Waals surface area (Å²) >= 11 is 3.17. The van der Waals surface area contributed by atoms with Crippen LogP contribution in [0.1, 0.15) is 26.8 Å². The summed E-state index contributed by atoms with van der Waals surface area (Å²) in [5.41, 5.74) is 0.518. The minimum absolute atomic E-state index is 0.0277. The fourth-order valence-electron chi connectivity index (χ4n) is 2.63. The summed E-state index contributed by atoms with van der Waals surface area (Å²) in [6.07, 6.45) is 1.34. The zero-order valence-corrected chi connectivity index (χ0v) is 14.7. The molecule has 0 aromatic carbocycles. The van der Waals surface area contributed by atoms with Crippen LogP contribution in [-0.4, -0.2) is 52.8 Å². The lowest BCUT2D eigenvalue weighted by atomic mass is 10.2. The van der Waals surface area contributed by atoms with Gasteiger partial charge in [-0.25, -0.2) is 4.98 Å². The summed E-state index contributed by atoms with van der Waals surface area (Å²) < 4.78 is 0. The number of piperazine rings is 1. The number of carbonyl (C=O) groups is 2. The quantitative estimate of drug-likeness (QED) is 0.852. The predicted molar refractivity (Wildman–Crippen MR) is 92.0 cm³/mol. The molecule has 0 unspecified atom stereocenters. The molecule has 2 amide bonds. The van der Waals surface area contributed by atoms with Gasteiger partial charge in [0.05, 0.1) is 5.01 Å². The summed E-state index contributed by atoms with van der Waals surface area (Å²) in [6.45, 7) is 4.28. The third-order valence-corrected chi connectivity index (χ3v) is 5.63. The Morgan fingerprint density at radius 2 is 1.91 bits per heavy atom. The first-order valence-electron chi connectivity index (χ1n) is 7.65. The smallest absolute Gasteiger partial charge is 0.273 e. The average Bonchev–Trinajstić information content (AvgIpc) is 3.23. The van der Waals surface area contributed by atoms with E-state index in [-0.39, 0.29) is 11.8 Å². The third kappa shape index (κ3) is 3.97. The molecule has 0 radical (unpaired) electrons. The van der Waals surface area contributed by atoms with Crippen molar-refractivity contribution in [3.8, 4) is 0 Å². The van der Waals surface area contributed by atoms with Crippen molar-refractivity contribution in [2.45, 2.75) is 19.8 Å². The predicted octanol–water partition coefficient (Wildman–Crippen LogP) is 2.43. The van der Waals surface area contributed by atoms with Crippen molar-refractivity contribution < 1.29 is 9.59 Å². The average molecular weight is 349 g/mol. The van der Waals surface area contributed by atoms with Crippen LogP contribution in [0.5, 0.6) is 0 Å². The molecular weight excluding hydrogens is 330 g/mol. The van der Waals surface area contributed by atoms with Crippen molar-refractivity contribution in [3.63, 3.8) is 0 Å². The molecule has 1 aliphatic rings. The van der Waals surface area contributed by atoms with Crippen LogP contribution < -0.4 is 0 Å². The lowest BCUT2D eigenvalue weighted by molar-refractivity contribution is -0.132. The van der Waals surface area contributed by atoms with E-state index in [2.05, 4.69) is 11.1 Å². The van der Waals surface area contributed by atoms with Gasteiger partial charge in [-0.15, -0.1) is 22.7 Å². The van der Waals surface area contributed by atoms with E-state index in [9.17, 15) is 9.59 Å². The Kier molecular flexibility index (Phi) is 5.07. The van der Waals surface area contributed by atoms with Crippen molar-refractivity contribution >= 4 is 34.5 Å². The number of rotatable bonds is 4. The van der Waals surface area contributed by atoms with Crippen LogP contribution in [0.25, 0.3) is 0 Å². The first kappa shape index (κ1) is 16.1. The van der Waals surface area contributed by atoms with E-state index >= 15 is 0 Å². The molecule has 0 aliphatic carbocycles. The van der Waals surface area contributed by atoms with Crippen molar-refractivity contribution in [2.75, 3.05) is 26.2 Å². The molecule has 0 spiro atoms. The number of thiophene rings is 1. The fraction of sp³-hybridized carbons (Fsp3) is 0.438. The normalized spacial score (nSPS) is 15.0. The highest BCUT2D eigenvalue weighted by atomic mass is 32.1. The maximum Gasteiger partial charge on any atom is 0.273 e. The Balaban J connectivity index is 1.48. The molecule has 0 bridgehead atoms. The highest BCUT2D eigenvalue weighted by molar-refractivity contribution is 7.10. The molecular formula is C16H19N3O2S2. The molecule has 1 aliphatic heterocycles. The molecule has 0 atom stereocenters. The van der Waals surface area contributed by atoms with Crippen molar-refractivity contribution in [3.05, 3.63) is 38.5 Å². The van der Waals surface area contributed by atoms with Crippen molar-refractivity contribution in [2.24, 2.45) is 0 Å². The molecule has 0 N–H and O–H groups in total. The molecule has 5 nitrogen and oxygen atoms in total. The maximum atomic E-state index is 12.3. The van der Waals surface area contributed by atoms with E-state index in [1.54, 1.807) is 21.6 Å². The van der Waals surface area contributed by atoms with Gasteiger partial charge in [0.15, 0.2) is 0 Å². The SMILES string of the molecule is Cc1nc(C(=O)N2CCN(C(=O)CCc3cccs3)CC2)cs1. The summed E-state index contributed by atoms with van der Waals surface area (Å²) in [6, 6.07) is 4.07. The Bertz CT molecular complexity index is 673. The van der Waals surface area contributed by atoms with Gasteiger partial charge in [-0.05, 0) is 24.8 Å². The monoisotopic (exact) mass is 349 g/mol. The van der Waals surface area contributed by atoms with Crippen LogP contribution in [0, 0.1) is 6.92 Å². The van der Waals surface area contributed by atoms with Crippen LogP contribution in [0.2, 0.25) is 0 Å². The first-order valence-corrected chi connectivity index (χ1v) is 9.41.